The molecule has 4 rings (SSSR count). The molecule has 0 amide bonds. The van der Waals surface area contributed by atoms with Crippen LogP contribution in [0.4, 0.5) is 11.4 Å². The van der Waals surface area contributed by atoms with Crippen molar-refractivity contribution >= 4 is 92.4 Å². The Balaban J connectivity index is 0.000000201. The number of nitrogens with zero attached hydrogens (tertiary/aromatic N) is 2. The first kappa shape index (κ1) is 29.2. The van der Waals surface area contributed by atoms with Crippen molar-refractivity contribution in [3.63, 3.8) is 0 Å². The number of benzene rings is 4. The van der Waals surface area contributed by atoms with Gasteiger partial charge in [-0.05, 0) is 0 Å². The summed E-state index contributed by atoms with van der Waals surface area (Å²) in [6, 6.07) is 26.0. The van der Waals surface area contributed by atoms with Crippen molar-refractivity contribution in [1.82, 2.24) is 0 Å². The fourth-order valence-electron chi connectivity index (χ4n) is 3.86. The summed E-state index contributed by atoms with van der Waals surface area (Å²) in [5.41, 5.74) is 13.8. The van der Waals surface area contributed by atoms with Crippen LogP contribution in [0.15, 0.2) is 72.8 Å². The van der Waals surface area contributed by atoms with Crippen molar-refractivity contribution in [3.05, 3.63) is 83.0 Å². The fraction of sp³-hybridized carbons (Fsp3) is 0.286. The Morgan fingerprint density at radius 3 is 1.22 bits per heavy atom. The fourth-order valence-corrected chi connectivity index (χ4v) is 9.16. The Labute approximate surface area is 235 Å². The maximum atomic E-state index is 4.66. The first-order valence-electron chi connectivity index (χ1n) is 12.6. The summed E-state index contributed by atoms with van der Waals surface area (Å²) in [5.74, 6) is 0. The van der Waals surface area contributed by atoms with Crippen molar-refractivity contribution < 1.29 is 0 Å². The molecule has 0 unspecified atom stereocenters. The van der Waals surface area contributed by atoms with Gasteiger partial charge in [-0.2, -0.15) is 0 Å². The van der Waals surface area contributed by atoms with E-state index in [9.17, 15) is 0 Å². The zero-order chi connectivity index (χ0) is 26.3. The minimum atomic E-state index is -1.41. The molecule has 0 saturated heterocycles. The van der Waals surface area contributed by atoms with E-state index >= 15 is 0 Å². The van der Waals surface area contributed by atoms with Gasteiger partial charge in [0.1, 0.15) is 0 Å². The van der Waals surface area contributed by atoms with Gasteiger partial charge in [0.15, 0.2) is 0 Å². The zero-order valence-electron chi connectivity index (χ0n) is 23.0. The van der Waals surface area contributed by atoms with Crippen molar-refractivity contribution in [1.29, 1.82) is 0 Å². The summed E-state index contributed by atoms with van der Waals surface area (Å²) >= 11 is -0.774. The molecule has 2 N–H and O–H groups in total. The number of hydrogen-bond acceptors (Lipinski definition) is 2. The summed E-state index contributed by atoms with van der Waals surface area (Å²) in [6.07, 6.45) is 0. The molecule has 0 spiro atoms. The SMILES string of the molecule is [CH3][Ga][c]1c(N[N-][Si](C)(C)C)ccc2ccccc12.[CH3][Ga][c]1c(N[N-][Si](C)(C)C)ccc2ccccc12. The van der Waals surface area contributed by atoms with Gasteiger partial charge in [-0.15, -0.1) is 0 Å². The van der Waals surface area contributed by atoms with Gasteiger partial charge >= 0.3 is 237 Å². The summed E-state index contributed by atoms with van der Waals surface area (Å²) in [5, 5.41) is 14.8. The molecule has 0 aliphatic carbocycles. The molecule has 2 radical (unpaired) electrons. The Morgan fingerprint density at radius 1 is 0.528 bits per heavy atom. The third-order valence-corrected chi connectivity index (χ3v) is 12.1. The van der Waals surface area contributed by atoms with E-state index < -0.39 is 16.5 Å². The molecule has 0 bridgehead atoms. The van der Waals surface area contributed by atoms with Crippen LogP contribution >= 0.6 is 0 Å². The van der Waals surface area contributed by atoms with Crippen molar-refractivity contribution in [3.8, 4) is 0 Å². The molecule has 4 aromatic rings. The number of fused-ring (bicyclic) bond motifs is 2. The van der Waals surface area contributed by atoms with Crippen LogP contribution in [-0.2, 0) is 0 Å². The predicted octanol–water partition coefficient (Wildman–Crippen LogP) is 7.51. The van der Waals surface area contributed by atoms with Crippen LogP contribution < -0.4 is 19.1 Å². The van der Waals surface area contributed by atoms with Crippen LogP contribution in [0.3, 0.4) is 0 Å². The van der Waals surface area contributed by atoms with E-state index in [1.54, 1.807) is 0 Å². The van der Waals surface area contributed by atoms with Gasteiger partial charge in [0.05, 0.1) is 0 Å². The Bertz CT molecular complexity index is 1200. The number of nitrogens with one attached hydrogen (secondary N) is 2. The van der Waals surface area contributed by atoms with Gasteiger partial charge < -0.3 is 0 Å². The average molecular weight is 626 g/mol. The standard InChI is InChI=1S/2C13H16N2Si.2CH3.2Ga/c2*1-16(2,3)15-14-13-9-8-11-6-4-5-7-12(11)10-13;;;;/h2*4-9,14H,1-3H3;2*1H3;;/q2*-1;;;;. The summed E-state index contributed by atoms with van der Waals surface area (Å²) in [7, 11) is -2.82. The quantitative estimate of drug-likeness (QED) is 0.157. The molecule has 0 aliphatic rings. The number of rotatable bonds is 8. The van der Waals surface area contributed by atoms with Gasteiger partial charge in [0.25, 0.3) is 0 Å². The minimum absolute atomic E-state index is 0.387. The van der Waals surface area contributed by atoms with Crippen LogP contribution in [0, 0.1) is 0 Å². The van der Waals surface area contributed by atoms with Gasteiger partial charge in [0.2, 0.25) is 0 Å². The van der Waals surface area contributed by atoms with Crippen LogP contribution in [0.5, 0.6) is 0 Å². The van der Waals surface area contributed by atoms with E-state index in [2.05, 4.69) is 144 Å². The maximum absolute atomic E-state index is 4.66. The van der Waals surface area contributed by atoms with E-state index in [4.69, 9.17) is 0 Å². The zero-order valence-corrected chi connectivity index (χ0v) is 29.8. The van der Waals surface area contributed by atoms with Gasteiger partial charge in [-0.25, -0.2) is 0 Å². The Kier molecular flexibility index (Phi) is 10.5. The van der Waals surface area contributed by atoms with E-state index in [0.717, 1.165) is 0 Å². The monoisotopic (exact) mass is 624 g/mol. The molecule has 0 atom stereocenters. The van der Waals surface area contributed by atoms with Gasteiger partial charge in [0, 0.05) is 0 Å². The predicted molar refractivity (Wildman–Crippen MR) is 171 cm³/mol. The molecule has 0 aliphatic heterocycles. The van der Waals surface area contributed by atoms with E-state index in [0.29, 0.717) is 0 Å². The first-order chi connectivity index (χ1) is 17.0. The molecule has 0 heterocycles. The normalized spacial score (nSPS) is 11.6. The van der Waals surface area contributed by atoms with Crippen LogP contribution in [-0.4, -0.2) is 51.3 Å². The second-order valence-corrected chi connectivity index (χ2v) is 24.8. The van der Waals surface area contributed by atoms with Crippen LogP contribution in [0.1, 0.15) is 0 Å². The molecule has 0 aromatic heterocycles. The molecule has 8 heteroatoms. The average Bonchev–Trinajstić information content (AvgIpc) is 2.84. The number of anilines is 2. The van der Waals surface area contributed by atoms with E-state index in [-0.39, 0.29) is 34.8 Å². The second kappa shape index (κ2) is 12.9. The third kappa shape index (κ3) is 8.32. The molecule has 0 saturated carbocycles. The van der Waals surface area contributed by atoms with Crippen molar-refractivity contribution in [2.45, 2.75) is 50.2 Å². The van der Waals surface area contributed by atoms with Crippen molar-refractivity contribution in [2.75, 3.05) is 10.9 Å². The van der Waals surface area contributed by atoms with Crippen molar-refractivity contribution in [2.24, 2.45) is 0 Å². The molecule has 186 valence electrons. The van der Waals surface area contributed by atoms with Gasteiger partial charge in [-0.1, -0.05) is 0 Å². The summed E-state index contributed by atoms with van der Waals surface area (Å²) in [4.78, 5) is 0. The Hall–Kier alpha value is -1.37. The molecule has 4 nitrogen and oxygen atoms in total. The third-order valence-electron chi connectivity index (χ3n) is 5.54. The summed E-state index contributed by atoms with van der Waals surface area (Å²) in [6.45, 7) is 13.4. The van der Waals surface area contributed by atoms with E-state index in [1.807, 2.05) is 0 Å². The number of hydrogen-bond donors (Lipinski definition) is 2. The van der Waals surface area contributed by atoms with Gasteiger partial charge in [-0.3, -0.25) is 0 Å². The Morgan fingerprint density at radius 2 is 0.889 bits per heavy atom. The molecule has 0 fully saturated rings. The van der Waals surface area contributed by atoms with Crippen LogP contribution in [0.25, 0.3) is 31.7 Å². The molecular formula is C28H38Ga2N4Si2-2. The molecule has 36 heavy (non-hydrogen) atoms. The molecular weight excluding hydrogens is 588 g/mol. The van der Waals surface area contributed by atoms with Crippen LogP contribution in [0.2, 0.25) is 50.2 Å². The van der Waals surface area contributed by atoms with E-state index in [1.165, 1.54) is 41.2 Å². The topological polar surface area (TPSA) is 52.3 Å². The summed E-state index contributed by atoms with van der Waals surface area (Å²) < 4.78 is 3.03. The first-order valence-corrected chi connectivity index (χ1v) is 26.8. The molecule has 4 aromatic carbocycles. The second-order valence-electron chi connectivity index (χ2n) is 10.9.